The van der Waals surface area contributed by atoms with Gasteiger partial charge in [0.05, 0.1) is 32.9 Å². The Kier molecular flexibility index (Phi) is 6.51. The minimum absolute atomic E-state index is 0.115. The molecule has 1 N–H and O–H groups in total. The number of hydrazone groups is 1. The molecule has 9 heteroatoms. The number of hydrogen-bond donors (Lipinski definition) is 1. The van der Waals surface area contributed by atoms with Gasteiger partial charge in [-0.05, 0) is 61.4 Å². The molecule has 8 nitrogen and oxygen atoms in total. The van der Waals surface area contributed by atoms with E-state index in [1.54, 1.807) is 31.2 Å². The lowest BCUT2D eigenvalue weighted by atomic mass is 10.1. The van der Waals surface area contributed by atoms with Crippen LogP contribution in [0.2, 0.25) is 5.02 Å². The van der Waals surface area contributed by atoms with Gasteiger partial charge in [-0.1, -0.05) is 29.8 Å². The number of rotatable bonds is 6. The summed E-state index contributed by atoms with van der Waals surface area (Å²) >= 11 is 6.06. The number of fused-ring (bicyclic) bond motifs is 1. The zero-order valence-electron chi connectivity index (χ0n) is 18.3. The molecule has 0 radical (unpaired) electrons. The van der Waals surface area contributed by atoms with Crippen molar-refractivity contribution in [2.45, 2.75) is 13.8 Å². The van der Waals surface area contributed by atoms with Gasteiger partial charge in [-0.2, -0.15) is 5.10 Å². The smallest absolute Gasteiger partial charge is 0.273 e. The number of nitrogens with zero attached hydrogens (tertiary/aromatic N) is 3. The first-order valence-corrected chi connectivity index (χ1v) is 10.6. The van der Waals surface area contributed by atoms with Crippen LogP contribution in [0.4, 0.5) is 5.69 Å². The number of carbonyl (C=O) groups excluding carboxylic acids is 1. The van der Waals surface area contributed by atoms with Crippen molar-refractivity contribution in [1.82, 2.24) is 10.4 Å². The molecule has 0 saturated carbocycles. The fraction of sp³-hybridized carbons (Fsp3) is 0.0800. The van der Waals surface area contributed by atoms with E-state index in [1.807, 2.05) is 31.2 Å². The highest BCUT2D eigenvalue weighted by molar-refractivity contribution is 6.32. The largest absolute Gasteiger partial charge is 0.456 e. The number of amides is 1. The van der Waals surface area contributed by atoms with Gasteiger partial charge in [0.1, 0.15) is 11.5 Å². The number of nitrogens with one attached hydrogen (secondary N) is 1. The summed E-state index contributed by atoms with van der Waals surface area (Å²) in [5, 5.41) is 15.9. The molecule has 1 aromatic heterocycles. The molecule has 170 valence electrons. The van der Waals surface area contributed by atoms with Crippen LogP contribution in [0, 0.1) is 24.0 Å². The number of non-ortho nitro benzene ring substituents is 1. The van der Waals surface area contributed by atoms with Crippen LogP contribution in [0.25, 0.3) is 10.9 Å². The minimum atomic E-state index is -0.526. The van der Waals surface area contributed by atoms with Crippen molar-refractivity contribution in [3.63, 3.8) is 0 Å². The Hall–Kier alpha value is -4.30. The van der Waals surface area contributed by atoms with E-state index in [9.17, 15) is 14.9 Å². The number of carbonyl (C=O) groups is 1. The molecule has 0 aliphatic heterocycles. The van der Waals surface area contributed by atoms with E-state index in [1.165, 1.54) is 24.4 Å². The van der Waals surface area contributed by atoms with E-state index in [0.29, 0.717) is 22.8 Å². The molecule has 0 atom stereocenters. The summed E-state index contributed by atoms with van der Waals surface area (Å²) in [7, 11) is 0. The van der Waals surface area contributed by atoms with Gasteiger partial charge in [-0.15, -0.1) is 0 Å². The second kappa shape index (κ2) is 9.68. The third-order valence-corrected chi connectivity index (χ3v) is 5.39. The van der Waals surface area contributed by atoms with Crippen molar-refractivity contribution in [2.75, 3.05) is 0 Å². The first kappa shape index (κ1) is 22.9. The molecule has 1 amide bonds. The van der Waals surface area contributed by atoms with E-state index >= 15 is 0 Å². The number of nitro groups is 1. The molecule has 4 rings (SSSR count). The maximum absolute atomic E-state index is 12.6. The van der Waals surface area contributed by atoms with Crippen molar-refractivity contribution in [3.8, 4) is 11.5 Å². The van der Waals surface area contributed by atoms with Gasteiger partial charge >= 0.3 is 0 Å². The molecular weight excluding hydrogens is 456 g/mol. The van der Waals surface area contributed by atoms with Crippen LogP contribution in [0.1, 0.15) is 27.2 Å². The van der Waals surface area contributed by atoms with E-state index in [-0.39, 0.29) is 16.6 Å². The summed E-state index contributed by atoms with van der Waals surface area (Å²) < 4.78 is 5.68. The fourth-order valence-electron chi connectivity index (χ4n) is 3.33. The van der Waals surface area contributed by atoms with Gasteiger partial charge in [0.2, 0.25) is 0 Å². The lowest BCUT2D eigenvalue weighted by molar-refractivity contribution is -0.384. The third kappa shape index (κ3) is 5.02. The first-order valence-electron chi connectivity index (χ1n) is 10.2. The maximum atomic E-state index is 12.6. The number of halogens is 1. The third-order valence-electron chi connectivity index (χ3n) is 5.10. The molecule has 0 fully saturated rings. The predicted molar refractivity (Wildman–Crippen MR) is 131 cm³/mol. The summed E-state index contributed by atoms with van der Waals surface area (Å²) in [4.78, 5) is 27.4. The zero-order valence-corrected chi connectivity index (χ0v) is 19.0. The SMILES string of the molecule is Cc1nc2c(C)cccc2cc1C(=O)N/N=C\c1ccc(Oc2ccc([N+](=O)[O-])cc2Cl)cc1. The van der Waals surface area contributed by atoms with Gasteiger partial charge in [0.15, 0.2) is 0 Å². The Morgan fingerprint density at radius 2 is 1.88 bits per heavy atom. The lowest BCUT2D eigenvalue weighted by Crippen LogP contribution is -2.19. The van der Waals surface area contributed by atoms with Crippen LogP contribution in [0.5, 0.6) is 11.5 Å². The zero-order chi connectivity index (χ0) is 24.2. The van der Waals surface area contributed by atoms with Crippen LogP contribution < -0.4 is 10.2 Å². The van der Waals surface area contributed by atoms with Crippen molar-refractivity contribution in [3.05, 3.63) is 104 Å². The molecule has 4 aromatic rings. The van der Waals surface area contributed by atoms with E-state index in [0.717, 1.165) is 22.0 Å². The highest BCUT2D eigenvalue weighted by Gasteiger charge is 2.12. The van der Waals surface area contributed by atoms with Crippen LogP contribution in [0.15, 0.2) is 71.8 Å². The molecule has 0 spiro atoms. The molecule has 0 aliphatic carbocycles. The number of benzene rings is 3. The van der Waals surface area contributed by atoms with Crippen LogP contribution in [-0.4, -0.2) is 22.0 Å². The fourth-order valence-corrected chi connectivity index (χ4v) is 3.54. The maximum Gasteiger partial charge on any atom is 0.273 e. The van der Waals surface area contributed by atoms with Gasteiger partial charge in [0.25, 0.3) is 11.6 Å². The molecule has 34 heavy (non-hydrogen) atoms. The normalized spacial score (nSPS) is 11.0. The van der Waals surface area contributed by atoms with Crippen LogP contribution >= 0.6 is 11.6 Å². The monoisotopic (exact) mass is 474 g/mol. The molecular formula is C25H19ClN4O4. The second-order valence-corrected chi connectivity index (χ2v) is 7.92. The number of aromatic nitrogens is 1. The Balaban J connectivity index is 1.41. The highest BCUT2D eigenvalue weighted by Crippen LogP contribution is 2.32. The van der Waals surface area contributed by atoms with Crippen LogP contribution in [0.3, 0.4) is 0 Å². The summed E-state index contributed by atoms with van der Waals surface area (Å²) in [6, 6.07) is 18.5. The van der Waals surface area contributed by atoms with Crippen molar-refractivity contribution in [2.24, 2.45) is 5.10 Å². The van der Waals surface area contributed by atoms with E-state index < -0.39 is 4.92 Å². The Morgan fingerprint density at radius 1 is 1.12 bits per heavy atom. The van der Waals surface area contributed by atoms with Gasteiger partial charge < -0.3 is 4.74 Å². The van der Waals surface area contributed by atoms with E-state index in [4.69, 9.17) is 16.3 Å². The highest BCUT2D eigenvalue weighted by atomic mass is 35.5. The van der Waals surface area contributed by atoms with Crippen molar-refractivity contribution < 1.29 is 14.5 Å². The summed E-state index contributed by atoms with van der Waals surface area (Å²) in [6.07, 6.45) is 1.51. The molecule has 0 unspecified atom stereocenters. The number of hydrogen-bond acceptors (Lipinski definition) is 6. The summed E-state index contributed by atoms with van der Waals surface area (Å²) in [5.74, 6) is 0.443. The molecule has 0 saturated heterocycles. The topological polar surface area (TPSA) is 107 Å². The molecule has 0 bridgehead atoms. The summed E-state index contributed by atoms with van der Waals surface area (Å²) in [6.45, 7) is 3.77. The number of para-hydroxylation sites is 1. The van der Waals surface area contributed by atoms with Gasteiger partial charge in [-0.3, -0.25) is 19.9 Å². The minimum Gasteiger partial charge on any atom is -0.456 e. The Morgan fingerprint density at radius 3 is 2.59 bits per heavy atom. The second-order valence-electron chi connectivity index (χ2n) is 7.51. The first-order chi connectivity index (χ1) is 16.3. The quantitative estimate of drug-likeness (QED) is 0.210. The number of nitro benzene ring substituents is 1. The van der Waals surface area contributed by atoms with Gasteiger partial charge in [0, 0.05) is 17.5 Å². The Labute approximate surface area is 200 Å². The number of ether oxygens (including phenoxy) is 1. The predicted octanol–water partition coefficient (Wildman–Crippen LogP) is 5.97. The average Bonchev–Trinajstić information content (AvgIpc) is 2.81. The van der Waals surface area contributed by atoms with E-state index in [2.05, 4.69) is 15.5 Å². The molecule has 3 aromatic carbocycles. The van der Waals surface area contributed by atoms with Crippen molar-refractivity contribution >= 4 is 40.3 Å². The van der Waals surface area contributed by atoms with Crippen molar-refractivity contribution in [1.29, 1.82) is 0 Å². The summed E-state index contributed by atoms with van der Waals surface area (Å²) in [5.41, 5.74) is 6.15. The average molecular weight is 475 g/mol. The van der Waals surface area contributed by atoms with Crippen LogP contribution in [-0.2, 0) is 0 Å². The van der Waals surface area contributed by atoms with Gasteiger partial charge in [-0.25, -0.2) is 5.43 Å². The molecule has 0 aliphatic rings. The molecule has 1 heterocycles. The Bertz CT molecular complexity index is 1440. The number of aryl methyl sites for hydroxylation is 2. The number of pyridine rings is 1. The standard InChI is InChI=1S/C25H19ClN4O4/c1-15-4-3-5-18-12-21(16(2)28-24(15)18)25(31)29-27-14-17-6-9-20(10-7-17)34-23-11-8-19(30(32)33)13-22(23)26/h3-14H,1-2H3,(H,29,31)/b27-14-. The lowest BCUT2D eigenvalue weighted by Gasteiger charge is -2.08.